The van der Waals surface area contributed by atoms with Crippen LogP contribution in [-0.2, 0) is 16.0 Å². The van der Waals surface area contributed by atoms with Crippen LogP contribution in [0.25, 0.3) is 0 Å². The second kappa shape index (κ2) is 10.3. The van der Waals surface area contributed by atoms with Crippen molar-refractivity contribution in [1.82, 2.24) is 0 Å². The Labute approximate surface area is 155 Å². The van der Waals surface area contributed by atoms with E-state index in [1.807, 2.05) is 49.4 Å². The molecule has 0 aliphatic rings. The zero-order valence-corrected chi connectivity index (χ0v) is 15.4. The molecule has 3 heteroatoms. The Morgan fingerprint density at radius 2 is 1.73 bits per heavy atom. The Bertz CT molecular complexity index is 747. The molecular formula is C23H26O3. The number of carbonyl (C=O) groups is 2. The number of unbranched alkanes of at least 4 members (excludes halogenated alkanes) is 3. The zero-order valence-electron chi connectivity index (χ0n) is 15.4. The molecular weight excluding hydrogens is 324 g/mol. The van der Waals surface area contributed by atoms with Gasteiger partial charge in [0, 0.05) is 17.2 Å². The van der Waals surface area contributed by atoms with Crippen molar-refractivity contribution in [1.29, 1.82) is 0 Å². The molecule has 0 aliphatic carbocycles. The highest BCUT2D eigenvalue weighted by molar-refractivity contribution is 6.09. The van der Waals surface area contributed by atoms with Gasteiger partial charge in [0.2, 0.25) is 0 Å². The predicted molar refractivity (Wildman–Crippen MR) is 104 cm³/mol. The Hall–Kier alpha value is -2.68. The second-order valence-electron chi connectivity index (χ2n) is 6.39. The van der Waals surface area contributed by atoms with Gasteiger partial charge in [-0.05, 0) is 31.7 Å². The van der Waals surface area contributed by atoms with E-state index in [0.717, 1.165) is 48.8 Å². The highest BCUT2D eigenvalue weighted by Gasteiger charge is 2.13. The minimum Gasteiger partial charge on any atom is -0.463 e. The standard InChI is InChI=1S/C23H26O3/c1-3-22(24)26-16-10-5-4-7-13-20-17-18(2)14-15-21(20)23(25)19-11-8-6-9-12-19/h3,6,8-9,11-12,14-15,17H,1,4-5,7,10,13,16H2,2H3. The summed E-state index contributed by atoms with van der Waals surface area (Å²) in [5.74, 6) is -0.286. The van der Waals surface area contributed by atoms with Gasteiger partial charge in [-0.2, -0.15) is 0 Å². The van der Waals surface area contributed by atoms with Gasteiger partial charge in [0.15, 0.2) is 5.78 Å². The van der Waals surface area contributed by atoms with E-state index >= 15 is 0 Å². The van der Waals surface area contributed by atoms with Crippen LogP contribution in [0.2, 0.25) is 0 Å². The first kappa shape index (κ1) is 19.6. The van der Waals surface area contributed by atoms with Gasteiger partial charge >= 0.3 is 5.97 Å². The third kappa shape index (κ3) is 5.99. The Morgan fingerprint density at radius 1 is 1.00 bits per heavy atom. The fraction of sp³-hybridized carbons (Fsp3) is 0.304. The molecule has 0 saturated carbocycles. The van der Waals surface area contributed by atoms with E-state index in [0.29, 0.717) is 6.61 Å². The lowest BCUT2D eigenvalue weighted by molar-refractivity contribution is -0.137. The van der Waals surface area contributed by atoms with Crippen LogP contribution in [0.4, 0.5) is 0 Å². The van der Waals surface area contributed by atoms with E-state index < -0.39 is 0 Å². The van der Waals surface area contributed by atoms with Crippen LogP contribution >= 0.6 is 0 Å². The summed E-state index contributed by atoms with van der Waals surface area (Å²) in [6, 6.07) is 15.5. The van der Waals surface area contributed by atoms with Crippen LogP contribution in [0.3, 0.4) is 0 Å². The van der Waals surface area contributed by atoms with Crippen LogP contribution in [0, 0.1) is 6.92 Å². The molecule has 2 rings (SSSR count). The van der Waals surface area contributed by atoms with Crippen molar-refractivity contribution in [2.24, 2.45) is 0 Å². The number of carbonyl (C=O) groups excluding carboxylic acids is 2. The molecule has 0 heterocycles. The van der Waals surface area contributed by atoms with Crippen molar-refractivity contribution in [3.05, 3.63) is 83.4 Å². The summed E-state index contributed by atoms with van der Waals surface area (Å²) in [6.45, 7) is 5.86. The molecule has 0 saturated heterocycles. The first-order valence-corrected chi connectivity index (χ1v) is 9.10. The normalized spacial score (nSPS) is 10.3. The topological polar surface area (TPSA) is 43.4 Å². The van der Waals surface area contributed by atoms with Crippen LogP contribution in [-0.4, -0.2) is 18.4 Å². The molecule has 0 N–H and O–H groups in total. The average molecular weight is 350 g/mol. The third-order valence-corrected chi connectivity index (χ3v) is 4.29. The largest absolute Gasteiger partial charge is 0.463 e. The number of ketones is 1. The van der Waals surface area contributed by atoms with E-state index in [1.54, 1.807) is 0 Å². The lowest BCUT2D eigenvalue weighted by Gasteiger charge is -2.10. The van der Waals surface area contributed by atoms with Crippen molar-refractivity contribution < 1.29 is 14.3 Å². The zero-order chi connectivity index (χ0) is 18.8. The number of ether oxygens (including phenoxy) is 1. The number of hydrogen-bond donors (Lipinski definition) is 0. The highest BCUT2D eigenvalue weighted by atomic mass is 16.5. The molecule has 2 aromatic carbocycles. The predicted octanol–water partition coefficient (Wildman–Crippen LogP) is 5.06. The Kier molecular flexibility index (Phi) is 7.81. The minimum absolute atomic E-state index is 0.0805. The van der Waals surface area contributed by atoms with Crippen LogP contribution in [0.1, 0.15) is 52.7 Å². The molecule has 0 atom stereocenters. The SMILES string of the molecule is C=CC(=O)OCCCCCCc1cc(C)ccc1C(=O)c1ccccc1. The van der Waals surface area contributed by atoms with Crippen LogP contribution in [0.15, 0.2) is 61.2 Å². The fourth-order valence-corrected chi connectivity index (χ4v) is 2.90. The number of hydrogen-bond acceptors (Lipinski definition) is 3. The quantitative estimate of drug-likeness (QED) is 0.260. The number of esters is 1. The highest BCUT2D eigenvalue weighted by Crippen LogP contribution is 2.19. The summed E-state index contributed by atoms with van der Waals surface area (Å²) in [7, 11) is 0. The van der Waals surface area contributed by atoms with Crippen molar-refractivity contribution in [3.63, 3.8) is 0 Å². The second-order valence-corrected chi connectivity index (χ2v) is 6.39. The lowest BCUT2D eigenvalue weighted by Crippen LogP contribution is -2.06. The van der Waals surface area contributed by atoms with Gasteiger partial charge in [-0.3, -0.25) is 4.79 Å². The summed E-state index contributed by atoms with van der Waals surface area (Å²) < 4.78 is 4.97. The molecule has 0 bridgehead atoms. The maximum absolute atomic E-state index is 12.8. The van der Waals surface area contributed by atoms with Crippen molar-refractivity contribution in [2.45, 2.75) is 39.0 Å². The Morgan fingerprint density at radius 3 is 2.46 bits per heavy atom. The third-order valence-electron chi connectivity index (χ3n) is 4.29. The average Bonchev–Trinajstić information content (AvgIpc) is 2.67. The van der Waals surface area contributed by atoms with E-state index in [9.17, 15) is 9.59 Å². The minimum atomic E-state index is -0.367. The van der Waals surface area contributed by atoms with Gasteiger partial charge in [-0.15, -0.1) is 0 Å². The lowest BCUT2D eigenvalue weighted by atomic mass is 9.93. The van der Waals surface area contributed by atoms with Gasteiger partial charge in [-0.25, -0.2) is 4.79 Å². The summed E-state index contributed by atoms with van der Waals surface area (Å²) in [6.07, 6.45) is 5.96. The van der Waals surface area contributed by atoms with Gasteiger partial charge in [-0.1, -0.05) is 73.5 Å². The van der Waals surface area contributed by atoms with Gasteiger partial charge in [0.25, 0.3) is 0 Å². The molecule has 0 aliphatic heterocycles. The first-order chi connectivity index (χ1) is 12.6. The molecule has 2 aromatic rings. The van der Waals surface area contributed by atoms with E-state index in [-0.39, 0.29) is 11.8 Å². The monoisotopic (exact) mass is 350 g/mol. The molecule has 0 fully saturated rings. The van der Waals surface area contributed by atoms with Gasteiger partial charge < -0.3 is 4.74 Å². The summed E-state index contributed by atoms with van der Waals surface area (Å²) in [5.41, 5.74) is 3.79. The van der Waals surface area contributed by atoms with Crippen molar-refractivity contribution in [3.8, 4) is 0 Å². The maximum Gasteiger partial charge on any atom is 0.330 e. The summed E-state index contributed by atoms with van der Waals surface area (Å²) >= 11 is 0. The Balaban J connectivity index is 1.89. The molecule has 26 heavy (non-hydrogen) atoms. The molecule has 0 spiro atoms. The molecule has 0 amide bonds. The summed E-state index contributed by atoms with van der Waals surface area (Å²) in [4.78, 5) is 23.8. The number of aryl methyl sites for hydroxylation is 2. The number of benzene rings is 2. The van der Waals surface area contributed by atoms with Gasteiger partial charge in [0.05, 0.1) is 6.61 Å². The molecule has 3 nitrogen and oxygen atoms in total. The first-order valence-electron chi connectivity index (χ1n) is 9.10. The van der Waals surface area contributed by atoms with E-state index in [4.69, 9.17) is 4.74 Å². The summed E-state index contributed by atoms with van der Waals surface area (Å²) in [5, 5.41) is 0. The van der Waals surface area contributed by atoms with Crippen molar-refractivity contribution >= 4 is 11.8 Å². The van der Waals surface area contributed by atoms with Crippen molar-refractivity contribution in [2.75, 3.05) is 6.61 Å². The molecule has 136 valence electrons. The fourth-order valence-electron chi connectivity index (χ4n) is 2.90. The molecule has 0 aromatic heterocycles. The smallest absolute Gasteiger partial charge is 0.330 e. The van der Waals surface area contributed by atoms with Crippen LogP contribution < -0.4 is 0 Å². The molecule has 0 unspecified atom stereocenters. The number of rotatable bonds is 10. The van der Waals surface area contributed by atoms with E-state index in [1.165, 1.54) is 11.6 Å². The van der Waals surface area contributed by atoms with E-state index in [2.05, 4.69) is 12.6 Å². The molecule has 0 radical (unpaired) electrons. The van der Waals surface area contributed by atoms with Gasteiger partial charge in [0.1, 0.15) is 0 Å². The van der Waals surface area contributed by atoms with Crippen LogP contribution in [0.5, 0.6) is 0 Å². The maximum atomic E-state index is 12.8.